The van der Waals surface area contributed by atoms with Crippen LogP contribution in [-0.2, 0) is 16.0 Å². The Hall–Kier alpha value is -2.24. The van der Waals surface area contributed by atoms with Gasteiger partial charge in [-0.15, -0.1) is 0 Å². The van der Waals surface area contributed by atoms with Crippen molar-refractivity contribution in [3.05, 3.63) is 23.3 Å². The van der Waals surface area contributed by atoms with E-state index in [0.29, 0.717) is 22.6 Å². The van der Waals surface area contributed by atoms with Crippen LogP contribution in [0.25, 0.3) is 0 Å². The van der Waals surface area contributed by atoms with E-state index in [2.05, 4.69) is 0 Å². The molecule has 0 aliphatic heterocycles. The molecule has 1 aliphatic carbocycles. The number of aliphatic carboxylic acids is 2. The lowest BCUT2D eigenvalue weighted by Gasteiger charge is -2.13. The molecule has 1 aliphatic rings. The average Bonchev–Trinajstić information content (AvgIpc) is 2.76. The van der Waals surface area contributed by atoms with E-state index in [1.54, 1.807) is 12.1 Å². The van der Waals surface area contributed by atoms with Gasteiger partial charge in [-0.25, -0.2) is 0 Å². The minimum atomic E-state index is -1.14. The van der Waals surface area contributed by atoms with Crippen LogP contribution < -0.4 is 9.47 Å². The Morgan fingerprint density at radius 1 is 1.16 bits per heavy atom. The third-order valence-electron chi connectivity index (χ3n) is 3.43. The van der Waals surface area contributed by atoms with Crippen molar-refractivity contribution >= 4 is 11.9 Å². The molecule has 102 valence electrons. The van der Waals surface area contributed by atoms with Crippen molar-refractivity contribution in [3.63, 3.8) is 0 Å². The van der Waals surface area contributed by atoms with Crippen LogP contribution in [0.3, 0.4) is 0 Å². The Balaban J connectivity index is 2.58. The number of methoxy groups -OCH3 is 2. The Labute approximate surface area is 109 Å². The summed E-state index contributed by atoms with van der Waals surface area (Å²) in [6.45, 7) is 0. The summed E-state index contributed by atoms with van der Waals surface area (Å²) in [7, 11) is 2.92. The second-order valence-electron chi connectivity index (χ2n) is 4.33. The first-order valence-corrected chi connectivity index (χ1v) is 5.70. The van der Waals surface area contributed by atoms with Crippen LogP contribution in [0.1, 0.15) is 17.0 Å². The van der Waals surface area contributed by atoms with Gasteiger partial charge in [-0.2, -0.15) is 0 Å². The van der Waals surface area contributed by atoms with Gasteiger partial charge in [-0.1, -0.05) is 6.07 Å². The fraction of sp³-hybridized carbons (Fsp3) is 0.385. The highest BCUT2D eigenvalue weighted by atomic mass is 16.5. The number of carbonyl (C=O) groups is 2. The smallest absolute Gasteiger partial charge is 0.311 e. The van der Waals surface area contributed by atoms with Crippen LogP contribution in [0.2, 0.25) is 0 Å². The van der Waals surface area contributed by atoms with Gasteiger partial charge in [0.2, 0.25) is 0 Å². The van der Waals surface area contributed by atoms with Gasteiger partial charge in [-0.3, -0.25) is 9.59 Å². The Bertz CT molecular complexity index is 536. The monoisotopic (exact) mass is 266 g/mol. The molecule has 2 atom stereocenters. The second kappa shape index (κ2) is 4.79. The first-order valence-electron chi connectivity index (χ1n) is 5.70. The molecule has 1 aromatic rings. The van der Waals surface area contributed by atoms with Crippen LogP contribution >= 0.6 is 0 Å². The summed E-state index contributed by atoms with van der Waals surface area (Å²) in [6, 6.07) is 3.19. The molecule has 0 heterocycles. The maximum absolute atomic E-state index is 11.3. The van der Waals surface area contributed by atoms with Crippen LogP contribution in [0.5, 0.6) is 11.5 Å². The van der Waals surface area contributed by atoms with Crippen LogP contribution in [0.15, 0.2) is 12.1 Å². The minimum absolute atomic E-state index is 0.127. The predicted octanol–water partition coefficient (Wildman–Crippen LogP) is 1.13. The topological polar surface area (TPSA) is 93.1 Å². The average molecular weight is 266 g/mol. The summed E-state index contributed by atoms with van der Waals surface area (Å²) in [5.74, 6) is -3.41. The first kappa shape index (κ1) is 13.2. The SMILES string of the molecule is COc1ccc2c(c1OC)CC(C(=O)O)C2C(=O)O. The normalized spacial score (nSPS) is 20.7. The lowest BCUT2D eigenvalue weighted by molar-refractivity contribution is -0.149. The Kier molecular flexibility index (Phi) is 3.33. The third-order valence-corrected chi connectivity index (χ3v) is 3.43. The number of carboxylic acid groups (broad SMARTS) is 2. The van der Waals surface area contributed by atoms with E-state index in [1.165, 1.54) is 14.2 Å². The fourth-order valence-corrected chi connectivity index (χ4v) is 2.60. The van der Waals surface area contributed by atoms with Crippen LogP contribution in [0.4, 0.5) is 0 Å². The summed E-state index contributed by atoms with van der Waals surface area (Å²) < 4.78 is 10.4. The number of benzene rings is 1. The van der Waals surface area contributed by atoms with Gasteiger partial charge in [0, 0.05) is 5.56 Å². The highest BCUT2D eigenvalue weighted by Crippen LogP contribution is 2.46. The molecule has 0 saturated heterocycles. The summed E-state index contributed by atoms with van der Waals surface area (Å²) in [5.41, 5.74) is 1.08. The summed E-state index contributed by atoms with van der Waals surface area (Å²) >= 11 is 0. The van der Waals surface area contributed by atoms with Crippen molar-refractivity contribution in [2.75, 3.05) is 14.2 Å². The van der Waals surface area contributed by atoms with E-state index in [-0.39, 0.29) is 6.42 Å². The number of ether oxygens (including phenoxy) is 2. The molecule has 0 radical (unpaired) electrons. The zero-order valence-corrected chi connectivity index (χ0v) is 10.5. The number of hydrogen-bond donors (Lipinski definition) is 2. The van der Waals surface area contributed by atoms with E-state index in [1.807, 2.05) is 0 Å². The predicted molar refractivity (Wildman–Crippen MR) is 64.8 cm³/mol. The molecule has 2 N–H and O–H groups in total. The molecule has 0 fully saturated rings. The fourth-order valence-electron chi connectivity index (χ4n) is 2.60. The first-order chi connectivity index (χ1) is 9.01. The second-order valence-corrected chi connectivity index (χ2v) is 4.33. The van der Waals surface area contributed by atoms with E-state index in [4.69, 9.17) is 14.6 Å². The van der Waals surface area contributed by atoms with Gasteiger partial charge in [0.1, 0.15) is 0 Å². The molecule has 0 bridgehead atoms. The van der Waals surface area contributed by atoms with Crippen molar-refractivity contribution in [2.45, 2.75) is 12.3 Å². The highest BCUT2D eigenvalue weighted by Gasteiger charge is 2.43. The molecular formula is C13H14O6. The van der Waals surface area contributed by atoms with Crippen molar-refractivity contribution in [2.24, 2.45) is 5.92 Å². The molecule has 2 rings (SSSR count). The van der Waals surface area contributed by atoms with Crippen LogP contribution in [0, 0.1) is 5.92 Å². The summed E-state index contributed by atoms with van der Waals surface area (Å²) in [4.78, 5) is 22.5. The number of fused-ring (bicyclic) bond motifs is 1. The van der Waals surface area contributed by atoms with Gasteiger partial charge in [0.15, 0.2) is 11.5 Å². The molecule has 0 amide bonds. The highest BCUT2D eigenvalue weighted by molar-refractivity contribution is 5.87. The lowest BCUT2D eigenvalue weighted by atomic mass is 9.93. The zero-order chi connectivity index (χ0) is 14.2. The summed E-state index contributed by atoms with van der Waals surface area (Å²) in [6.07, 6.45) is 0.127. The van der Waals surface area contributed by atoms with Crippen molar-refractivity contribution in [1.82, 2.24) is 0 Å². The standard InChI is InChI=1S/C13H14O6/c1-18-9-4-3-6-7(11(9)19-2)5-8(12(14)15)10(6)13(16)17/h3-4,8,10H,5H2,1-2H3,(H,14,15)(H,16,17). The van der Waals surface area contributed by atoms with Crippen molar-refractivity contribution in [3.8, 4) is 11.5 Å². The molecule has 0 saturated carbocycles. The van der Waals surface area contributed by atoms with Gasteiger partial charge >= 0.3 is 11.9 Å². The van der Waals surface area contributed by atoms with Crippen molar-refractivity contribution < 1.29 is 29.3 Å². The molecule has 2 unspecified atom stereocenters. The molecule has 1 aromatic carbocycles. The number of hydrogen-bond acceptors (Lipinski definition) is 4. The third kappa shape index (κ3) is 1.99. The maximum Gasteiger partial charge on any atom is 0.311 e. The van der Waals surface area contributed by atoms with Gasteiger partial charge in [0.25, 0.3) is 0 Å². The molecule has 0 spiro atoms. The molecule has 6 heteroatoms. The molecular weight excluding hydrogens is 252 g/mol. The molecule has 6 nitrogen and oxygen atoms in total. The minimum Gasteiger partial charge on any atom is -0.493 e. The Morgan fingerprint density at radius 2 is 1.84 bits per heavy atom. The van der Waals surface area contributed by atoms with Gasteiger partial charge in [-0.05, 0) is 18.1 Å². The lowest BCUT2D eigenvalue weighted by Crippen LogP contribution is -2.24. The number of carboxylic acids is 2. The van der Waals surface area contributed by atoms with Crippen molar-refractivity contribution in [1.29, 1.82) is 0 Å². The largest absolute Gasteiger partial charge is 0.493 e. The quantitative estimate of drug-likeness (QED) is 0.848. The Morgan fingerprint density at radius 3 is 2.32 bits per heavy atom. The molecule has 19 heavy (non-hydrogen) atoms. The maximum atomic E-state index is 11.3. The van der Waals surface area contributed by atoms with E-state index in [0.717, 1.165) is 0 Å². The summed E-state index contributed by atoms with van der Waals surface area (Å²) in [5, 5.41) is 18.4. The van der Waals surface area contributed by atoms with E-state index in [9.17, 15) is 14.7 Å². The zero-order valence-electron chi connectivity index (χ0n) is 10.5. The number of rotatable bonds is 4. The van der Waals surface area contributed by atoms with Gasteiger partial charge in [0.05, 0.1) is 26.1 Å². The van der Waals surface area contributed by atoms with Crippen LogP contribution in [-0.4, -0.2) is 36.4 Å². The molecule has 0 aromatic heterocycles. The van der Waals surface area contributed by atoms with E-state index >= 15 is 0 Å². The van der Waals surface area contributed by atoms with Gasteiger partial charge < -0.3 is 19.7 Å². The van der Waals surface area contributed by atoms with E-state index < -0.39 is 23.8 Å².